The van der Waals surface area contributed by atoms with Crippen LogP contribution in [0.1, 0.15) is 25.0 Å². The van der Waals surface area contributed by atoms with Crippen LogP contribution in [0.25, 0.3) is 0 Å². The number of benzene rings is 1. The minimum absolute atomic E-state index is 0.152. The zero-order valence-corrected chi connectivity index (χ0v) is 15.9. The smallest absolute Gasteiger partial charge is 0.373 e. The number of rotatable bonds is 6. The molecule has 0 aliphatic carbocycles. The minimum Gasteiger partial charge on any atom is -0.373 e. The van der Waals surface area contributed by atoms with Gasteiger partial charge in [-0.25, -0.2) is 8.42 Å². The van der Waals surface area contributed by atoms with E-state index in [0.29, 0.717) is 0 Å². The number of morpholine rings is 1. The Morgan fingerprint density at radius 2 is 1.81 bits per heavy atom. The summed E-state index contributed by atoms with van der Waals surface area (Å²) >= 11 is 0. The van der Waals surface area contributed by atoms with Gasteiger partial charge in [0.2, 0.25) is 15.9 Å². The molecule has 1 heterocycles. The van der Waals surface area contributed by atoms with Crippen LogP contribution in [-0.2, 0) is 32.2 Å². The molecule has 10 heteroatoms. The zero-order valence-electron chi connectivity index (χ0n) is 15.1. The lowest BCUT2D eigenvalue weighted by Crippen LogP contribution is -2.49. The van der Waals surface area contributed by atoms with Crippen LogP contribution in [0.5, 0.6) is 0 Å². The van der Waals surface area contributed by atoms with E-state index in [2.05, 4.69) is 5.32 Å². The largest absolute Gasteiger partial charge is 0.416 e. The van der Waals surface area contributed by atoms with Crippen molar-refractivity contribution in [2.75, 3.05) is 25.4 Å². The SMILES string of the molecule is CC1CN(S(=O)(=O)CCNC(=O)Cc2ccccc2C(F)(F)F)CC(C)O1. The van der Waals surface area contributed by atoms with Crippen LogP contribution in [0.4, 0.5) is 13.2 Å². The van der Waals surface area contributed by atoms with Gasteiger partial charge in [-0.05, 0) is 25.5 Å². The van der Waals surface area contributed by atoms with E-state index >= 15 is 0 Å². The van der Waals surface area contributed by atoms with Gasteiger partial charge in [0, 0.05) is 19.6 Å². The average Bonchev–Trinajstić information content (AvgIpc) is 2.53. The molecule has 0 spiro atoms. The van der Waals surface area contributed by atoms with Gasteiger partial charge in [0.1, 0.15) is 0 Å². The van der Waals surface area contributed by atoms with Gasteiger partial charge in [0.05, 0.1) is 29.9 Å². The summed E-state index contributed by atoms with van der Waals surface area (Å²) < 4.78 is 70.4. The maximum atomic E-state index is 12.9. The third-order valence-electron chi connectivity index (χ3n) is 4.14. The molecule has 2 rings (SSSR count). The number of halogens is 3. The van der Waals surface area contributed by atoms with E-state index in [9.17, 15) is 26.4 Å². The van der Waals surface area contributed by atoms with E-state index in [1.807, 2.05) is 0 Å². The first-order valence-electron chi connectivity index (χ1n) is 8.54. The van der Waals surface area contributed by atoms with Gasteiger partial charge in [0.25, 0.3) is 0 Å². The van der Waals surface area contributed by atoms with E-state index in [4.69, 9.17) is 4.74 Å². The summed E-state index contributed by atoms with van der Waals surface area (Å²) in [6, 6.07) is 4.81. The van der Waals surface area contributed by atoms with Crippen molar-refractivity contribution in [3.8, 4) is 0 Å². The fourth-order valence-corrected chi connectivity index (χ4v) is 4.49. The standard InChI is InChI=1S/C17H23F3N2O4S/c1-12-10-22(11-13(2)26-12)27(24,25)8-7-21-16(23)9-14-5-3-4-6-15(14)17(18,19)20/h3-6,12-13H,7-11H2,1-2H3,(H,21,23). The number of carbonyl (C=O) groups excluding carboxylic acids is 1. The second kappa shape index (κ2) is 8.57. The molecule has 1 aromatic rings. The Labute approximate surface area is 156 Å². The second-order valence-electron chi connectivity index (χ2n) is 6.57. The normalized spacial score (nSPS) is 21.8. The maximum Gasteiger partial charge on any atom is 0.416 e. The van der Waals surface area contributed by atoms with E-state index in [0.717, 1.165) is 6.07 Å². The van der Waals surface area contributed by atoms with Crippen molar-refractivity contribution in [3.63, 3.8) is 0 Å². The molecule has 27 heavy (non-hydrogen) atoms. The molecule has 0 radical (unpaired) electrons. The number of sulfonamides is 1. The van der Waals surface area contributed by atoms with Crippen molar-refractivity contribution in [1.82, 2.24) is 9.62 Å². The number of ether oxygens (including phenoxy) is 1. The van der Waals surface area contributed by atoms with Crippen molar-refractivity contribution >= 4 is 15.9 Å². The fourth-order valence-electron chi connectivity index (χ4n) is 2.99. The summed E-state index contributed by atoms with van der Waals surface area (Å²) in [4.78, 5) is 12.0. The van der Waals surface area contributed by atoms with Crippen LogP contribution in [-0.4, -0.2) is 56.2 Å². The topological polar surface area (TPSA) is 75.7 Å². The van der Waals surface area contributed by atoms with Crippen molar-refractivity contribution in [2.24, 2.45) is 0 Å². The quantitative estimate of drug-likeness (QED) is 0.779. The highest BCUT2D eigenvalue weighted by Gasteiger charge is 2.33. The van der Waals surface area contributed by atoms with Crippen LogP contribution >= 0.6 is 0 Å². The Kier molecular flexibility index (Phi) is 6.87. The van der Waals surface area contributed by atoms with Gasteiger partial charge in [-0.15, -0.1) is 0 Å². The molecule has 1 amide bonds. The molecule has 1 N–H and O–H groups in total. The van der Waals surface area contributed by atoms with Gasteiger partial charge in [-0.3, -0.25) is 4.79 Å². The van der Waals surface area contributed by atoms with Gasteiger partial charge in [0.15, 0.2) is 0 Å². The zero-order chi connectivity index (χ0) is 20.2. The fraction of sp³-hybridized carbons (Fsp3) is 0.588. The first-order chi connectivity index (χ1) is 12.5. The molecule has 1 aliphatic heterocycles. The maximum absolute atomic E-state index is 12.9. The lowest BCUT2D eigenvalue weighted by atomic mass is 10.0. The number of alkyl halides is 3. The molecule has 0 bridgehead atoms. The molecule has 1 aromatic carbocycles. The molecular formula is C17H23F3N2O4S. The molecule has 152 valence electrons. The third kappa shape index (κ3) is 6.18. The monoisotopic (exact) mass is 408 g/mol. The molecule has 6 nitrogen and oxygen atoms in total. The number of carbonyl (C=O) groups is 1. The first-order valence-corrected chi connectivity index (χ1v) is 10.1. The van der Waals surface area contributed by atoms with Crippen molar-refractivity contribution in [3.05, 3.63) is 35.4 Å². The average molecular weight is 408 g/mol. The van der Waals surface area contributed by atoms with Crippen LogP contribution in [0.2, 0.25) is 0 Å². The first kappa shape index (κ1) is 21.6. The molecule has 2 unspecified atom stereocenters. The molecule has 1 fully saturated rings. The van der Waals surface area contributed by atoms with E-state index in [1.165, 1.54) is 22.5 Å². The molecule has 0 aromatic heterocycles. The Hall–Kier alpha value is -1.65. The van der Waals surface area contributed by atoms with Crippen LogP contribution in [0.15, 0.2) is 24.3 Å². The molecule has 0 saturated carbocycles. The number of hydrogen-bond donors (Lipinski definition) is 1. The van der Waals surface area contributed by atoms with Gasteiger partial charge < -0.3 is 10.1 Å². The van der Waals surface area contributed by atoms with E-state index < -0.39 is 34.1 Å². The predicted octanol–water partition coefficient (Wildman–Crippen LogP) is 1.80. The highest BCUT2D eigenvalue weighted by molar-refractivity contribution is 7.89. The Bertz CT molecular complexity index is 758. The number of nitrogens with zero attached hydrogens (tertiary/aromatic N) is 1. The second-order valence-corrected chi connectivity index (χ2v) is 8.66. The number of nitrogens with one attached hydrogen (secondary N) is 1. The summed E-state index contributed by atoms with van der Waals surface area (Å²) in [5.74, 6) is -0.982. The lowest BCUT2D eigenvalue weighted by Gasteiger charge is -2.34. The summed E-state index contributed by atoms with van der Waals surface area (Å²) in [5, 5.41) is 2.38. The van der Waals surface area contributed by atoms with Crippen molar-refractivity contribution in [2.45, 2.75) is 38.7 Å². The molecule has 1 saturated heterocycles. The van der Waals surface area contributed by atoms with Crippen molar-refractivity contribution in [1.29, 1.82) is 0 Å². The van der Waals surface area contributed by atoms with Gasteiger partial charge >= 0.3 is 6.18 Å². The van der Waals surface area contributed by atoms with Crippen LogP contribution in [0.3, 0.4) is 0 Å². The summed E-state index contributed by atoms with van der Waals surface area (Å²) in [6.45, 7) is 3.85. The number of hydrogen-bond acceptors (Lipinski definition) is 4. The van der Waals surface area contributed by atoms with Crippen LogP contribution < -0.4 is 5.32 Å². The molecule has 1 aliphatic rings. The lowest BCUT2D eigenvalue weighted by molar-refractivity contribution is -0.138. The van der Waals surface area contributed by atoms with E-state index in [1.54, 1.807) is 13.8 Å². The Morgan fingerprint density at radius 1 is 1.22 bits per heavy atom. The summed E-state index contributed by atoms with van der Waals surface area (Å²) in [6.07, 6.45) is -5.47. The van der Waals surface area contributed by atoms with Crippen LogP contribution in [0, 0.1) is 0 Å². The summed E-state index contributed by atoms with van der Waals surface area (Å²) in [7, 11) is -3.59. The minimum atomic E-state index is -4.55. The van der Waals surface area contributed by atoms with Gasteiger partial charge in [-0.2, -0.15) is 17.5 Å². The van der Waals surface area contributed by atoms with E-state index in [-0.39, 0.29) is 43.2 Å². The third-order valence-corrected chi connectivity index (χ3v) is 5.94. The van der Waals surface area contributed by atoms with Gasteiger partial charge in [-0.1, -0.05) is 18.2 Å². The Morgan fingerprint density at radius 3 is 2.41 bits per heavy atom. The highest BCUT2D eigenvalue weighted by Crippen LogP contribution is 2.31. The summed E-state index contributed by atoms with van der Waals surface area (Å²) in [5.41, 5.74) is -1.02. The predicted molar refractivity (Wildman–Crippen MR) is 93.5 cm³/mol. The molecule has 2 atom stereocenters. The number of amides is 1. The van der Waals surface area contributed by atoms with Crippen molar-refractivity contribution < 1.29 is 31.1 Å². The Balaban J connectivity index is 1.90. The molecular weight excluding hydrogens is 385 g/mol. The highest BCUT2D eigenvalue weighted by atomic mass is 32.2.